The number of nitrogens with zero attached hydrogens (tertiary/aromatic N) is 3. The zero-order chi connectivity index (χ0) is 14.4. The van der Waals surface area contributed by atoms with Gasteiger partial charge in [0.05, 0.1) is 12.2 Å². The van der Waals surface area contributed by atoms with E-state index >= 15 is 0 Å². The van der Waals surface area contributed by atoms with Crippen LogP contribution in [0.15, 0.2) is 42.5 Å². The van der Waals surface area contributed by atoms with Crippen molar-refractivity contribution in [3.05, 3.63) is 65.1 Å². The Kier molecular flexibility index (Phi) is 2.74. The molecule has 0 saturated heterocycles. The molecule has 3 heteroatoms. The maximum Gasteiger partial charge on any atom is 0.137 e. The number of hydrogen-bond donors (Lipinski definition) is 0. The minimum Gasteiger partial charge on any atom is -0.365 e. The van der Waals surface area contributed by atoms with Crippen LogP contribution < -0.4 is 4.90 Å². The van der Waals surface area contributed by atoms with Crippen LogP contribution in [0.4, 0.5) is 5.69 Å². The summed E-state index contributed by atoms with van der Waals surface area (Å²) < 4.78 is 2.32. The molecule has 0 spiro atoms. The van der Waals surface area contributed by atoms with Crippen molar-refractivity contribution < 1.29 is 0 Å². The van der Waals surface area contributed by atoms with Gasteiger partial charge in [-0.3, -0.25) is 0 Å². The summed E-state index contributed by atoms with van der Waals surface area (Å²) >= 11 is 0. The number of fused-ring (bicyclic) bond motifs is 3. The zero-order valence-corrected chi connectivity index (χ0v) is 12.5. The predicted octanol–water partition coefficient (Wildman–Crippen LogP) is 3.51. The maximum absolute atomic E-state index is 4.87. The summed E-state index contributed by atoms with van der Waals surface area (Å²) in [6.07, 6.45) is 1.05. The highest BCUT2D eigenvalue weighted by molar-refractivity contribution is 5.52. The predicted molar refractivity (Wildman–Crippen MR) is 85.9 cm³/mol. The molecule has 0 unspecified atom stereocenters. The van der Waals surface area contributed by atoms with Gasteiger partial charge in [-0.05, 0) is 43.7 Å². The van der Waals surface area contributed by atoms with Crippen LogP contribution in [0.3, 0.4) is 0 Å². The number of benzene rings is 1. The van der Waals surface area contributed by atoms with Gasteiger partial charge in [-0.15, -0.1) is 0 Å². The van der Waals surface area contributed by atoms with Gasteiger partial charge in [0.15, 0.2) is 0 Å². The van der Waals surface area contributed by atoms with E-state index in [9.17, 15) is 0 Å². The number of rotatable bonds is 1. The van der Waals surface area contributed by atoms with E-state index in [0.29, 0.717) is 0 Å². The topological polar surface area (TPSA) is 20.5 Å². The molecule has 2 aromatic heterocycles. The summed E-state index contributed by atoms with van der Waals surface area (Å²) in [4.78, 5) is 7.29. The Labute approximate surface area is 124 Å². The first-order valence-electron chi connectivity index (χ1n) is 7.50. The Morgan fingerprint density at radius 2 is 1.86 bits per heavy atom. The second-order valence-electron chi connectivity index (χ2n) is 5.88. The smallest absolute Gasteiger partial charge is 0.137 e. The van der Waals surface area contributed by atoms with Crippen molar-refractivity contribution in [3.63, 3.8) is 0 Å². The molecular formula is C18H19N3. The van der Waals surface area contributed by atoms with E-state index in [4.69, 9.17) is 4.98 Å². The van der Waals surface area contributed by atoms with E-state index in [2.05, 4.69) is 65.6 Å². The van der Waals surface area contributed by atoms with Crippen molar-refractivity contribution in [2.24, 2.45) is 0 Å². The molecule has 3 nitrogen and oxygen atoms in total. The lowest BCUT2D eigenvalue weighted by Crippen LogP contribution is -2.30. The van der Waals surface area contributed by atoms with Crippen LogP contribution in [0.2, 0.25) is 0 Å². The summed E-state index contributed by atoms with van der Waals surface area (Å²) in [7, 11) is 0. The standard InChI is InChI=1S/C18H19N3/c1-13-10-14(2)21-17-8-9-20(15-6-4-3-5-7-15)12-16(17)19-18(21)11-13/h3-7,10-11H,8-9,12H2,1-2H3. The fourth-order valence-corrected chi connectivity index (χ4v) is 3.39. The SMILES string of the molecule is Cc1cc(C)n2c3c(nc2c1)CN(c1ccccc1)CC3. The van der Waals surface area contributed by atoms with Crippen LogP contribution in [0, 0.1) is 13.8 Å². The van der Waals surface area contributed by atoms with E-state index in [1.54, 1.807) is 0 Å². The molecule has 0 amide bonds. The summed E-state index contributed by atoms with van der Waals surface area (Å²) in [5, 5.41) is 0. The lowest BCUT2D eigenvalue weighted by atomic mass is 10.1. The number of aromatic nitrogens is 2. The monoisotopic (exact) mass is 277 g/mol. The maximum atomic E-state index is 4.87. The van der Waals surface area contributed by atoms with Gasteiger partial charge < -0.3 is 9.30 Å². The fraction of sp³-hybridized carbons (Fsp3) is 0.278. The number of aryl methyl sites for hydroxylation is 2. The van der Waals surface area contributed by atoms with Crippen LogP contribution in [-0.2, 0) is 13.0 Å². The second kappa shape index (κ2) is 4.62. The highest BCUT2D eigenvalue weighted by atomic mass is 15.2. The molecule has 1 aliphatic heterocycles. The molecule has 1 aliphatic rings. The van der Waals surface area contributed by atoms with Gasteiger partial charge in [-0.2, -0.15) is 0 Å². The Morgan fingerprint density at radius 3 is 2.67 bits per heavy atom. The third-order valence-electron chi connectivity index (χ3n) is 4.31. The van der Waals surface area contributed by atoms with Gasteiger partial charge in [0.1, 0.15) is 5.65 Å². The molecule has 3 heterocycles. The van der Waals surface area contributed by atoms with Gasteiger partial charge in [-0.25, -0.2) is 4.98 Å². The van der Waals surface area contributed by atoms with Crippen molar-refractivity contribution in [1.82, 2.24) is 9.38 Å². The van der Waals surface area contributed by atoms with Gasteiger partial charge >= 0.3 is 0 Å². The fourth-order valence-electron chi connectivity index (χ4n) is 3.39. The lowest BCUT2D eigenvalue weighted by Gasteiger charge is -2.28. The molecule has 1 aromatic carbocycles. The van der Waals surface area contributed by atoms with E-state index in [1.807, 2.05) is 0 Å². The third kappa shape index (κ3) is 2.00. The van der Waals surface area contributed by atoms with Crippen LogP contribution in [0.25, 0.3) is 5.65 Å². The average Bonchev–Trinajstić information content (AvgIpc) is 2.85. The van der Waals surface area contributed by atoms with Crippen LogP contribution >= 0.6 is 0 Å². The second-order valence-corrected chi connectivity index (χ2v) is 5.88. The molecule has 0 bridgehead atoms. The number of pyridine rings is 1. The van der Waals surface area contributed by atoms with Crippen molar-refractivity contribution in [2.75, 3.05) is 11.4 Å². The van der Waals surface area contributed by atoms with Crippen molar-refractivity contribution >= 4 is 11.3 Å². The van der Waals surface area contributed by atoms with Crippen molar-refractivity contribution in [3.8, 4) is 0 Å². The summed E-state index contributed by atoms with van der Waals surface area (Å²) in [5.41, 5.74) is 7.54. The average molecular weight is 277 g/mol. The highest BCUT2D eigenvalue weighted by Gasteiger charge is 2.22. The Bertz CT molecular complexity index is 802. The van der Waals surface area contributed by atoms with Gasteiger partial charge in [-0.1, -0.05) is 18.2 Å². The molecule has 0 aliphatic carbocycles. The molecule has 3 aromatic rings. The highest BCUT2D eigenvalue weighted by Crippen LogP contribution is 2.26. The summed E-state index contributed by atoms with van der Waals surface area (Å²) in [6, 6.07) is 15.0. The summed E-state index contributed by atoms with van der Waals surface area (Å²) in [6.45, 7) is 6.26. The zero-order valence-electron chi connectivity index (χ0n) is 12.5. The molecule has 0 saturated carbocycles. The summed E-state index contributed by atoms with van der Waals surface area (Å²) in [5.74, 6) is 0. The molecule has 4 rings (SSSR count). The third-order valence-corrected chi connectivity index (χ3v) is 4.31. The number of para-hydroxylation sites is 1. The Hall–Kier alpha value is -2.29. The molecule has 0 N–H and O–H groups in total. The van der Waals surface area contributed by atoms with E-state index in [1.165, 1.54) is 28.3 Å². The number of hydrogen-bond acceptors (Lipinski definition) is 2. The largest absolute Gasteiger partial charge is 0.365 e. The van der Waals surface area contributed by atoms with Crippen molar-refractivity contribution in [2.45, 2.75) is 26.8 Å². The van der Waals surface area contributed by atoms with E-state index in [0.717, 1.165) is 25.2 Å². The van der Waals surface area contributed by atoms with Crippen molar-refractivity contribution in [1.29, 1.82) is 0 Å². The minimum atomic E-state index is 0.902. The first-order chi connectivity index (χ1) is 10.2. The molecule has 0 radical (unpaired) electrons. The van der Waals surface area contributed by atoms with Crippen LogP contribution in [0.1, 0.15) is 22.6 Å². The first kappa shape index (κ1) is 12.5. The van der Waals surface area contributed by atoms with Crippen LogP contribution in [0.5, 0.6) is 0 Å². The van der Waals surface area contributed by atoms with E-state index < -0.39 is 0 Å². The molecular weight excluding hydrogens is 258 g/mol. The van der Waals surface area contributed by atoms with Crippen LogP contribution in [-0.4, -0.2) is 15.9 Å². The van der Waals surface area contributed by atoms with Gasteiger partial charge in [0, 0.05) is 30.0 Å². The Morgan fingerprint density at radius 1 is 1.05 bits per heavy atom. The molecule has 0 fully saturated rings. The quantitative estimate of drug-likeness (QED) is 0.678. The minimum absolute atomic E-state index is 0.902. The molecule has 21 heavy (non-hydrogen) atoms. The normalized spacial score (nSPS) is 14.5. The lowest BCUT2D eigenvalue weighted by molar-refractivity contribution is 0.701. The number of imidazole rings is 1. The van der Waals surface area contributed by atoms with E-state index in [-0.39, 0.29) is 0 Å². The van der Waals surface area contributed by atoms with Gasteiger partial charge in [0.25, 0.3) is 0 Å². The van der Waals surface area contributed by atoms with Gasteiger partial charge in [0.2, 0.25) is 0 Å². The Balaban J connectivity index is 1.78. The number of anilines is 1. The molecule has 0 atom stereocenters. The first-order valence-corrected chi connectivity index (χ1v) is 7.50. The molecule has 106 valence electrons.